The Kier molecular flexibility index (Phi) is 4.88. The Morgan fingerprint density at radius 1 is 1.20 bits per heavy atom. The number of aromatic nitrogens is 2. The van der Waals surface area contributed by atoms with Crippen molar-refractivity contribution in [2.45, 2.75) is 26.8 Å². The van der Waals surface area contributed by atoms with Crippen molar-refractivity contribution >= 4 is 6.01 Å². The first-order chi connectivity index (χ1) is 12.1. The van der Waals surface area contributed by atoms with E-state index in [-0.39, 0.29) is 5.75 Å². The highest BCUT2D eigenvalue weighted by molar-refractivity contribution is 5.63. The van der Waals surface area contributed by atoms with E-state index in [2.05, 4.69) is 15.5 Å². The van der Waals surface area contributed by atoms with Crippen LogP contribution in [0.15, 0.2) is 40.8 Å². The van der Waals surface area contributed by atoms with Crippen LogP contribution >= 0.6 is 0 Å². The van der Waals surface area contributed by atoms with Gasteiger partial charge < -0.3 is 19.6 Å². The fourth-order valence-corrected chi connectivity index (χ4v) is 2.76. The van der Waals surface area contributed by atoms with Gasteiger partial charge >= 0.3 is 6.01 Å². The van der Waals surface area contributed by atoms with Crippen molar-refractivity contribution in [1.82, 2.24) is 10.2 Å². The second-order valence-corrected chi connectivity index (χ2v) is 5.71. The predicted molar refractivity (Wildman–Crippen MR) is 95.8 cm³/mol. The molecule has 0 unspecified atom stereocenters. The van der Waals surface area contributed by atoms with Gasteiger partial charge in [-0.1, -0.05) is 24.2 Å². The van der Waals surface area contributed by atoms with Crippen molar-refractivity contribution in [3.8, 4) is 23.0 Å². The van der Waals surface area contributed by atoms with Crippen LogP contribution in [0, 0.1) is 6.92 Å². The van der Waals surface area contributed by atoms with Crippen molar-refractivity contribution in [3.63, 3.8) is 0 Å². The third-order valence-electron chi connectivity index (χ3n) is 4.16. The number of ether oxygens (including phenoxy) is 1. The van der Waals surface area contributed by atoms with Crippen LogP contribution in [0.1, 0.15) is 23.6 Å². The summed E-state index contributed by atoms with van der Waals surface area (Å²) in [5.41, 5.74) is 3.74. The highest BCUT2D eigenvalue weighted by atomic mass is 16.5. The van der Waals surface area contributed by atoms with Crippen LogP contribution in [0.4, 0.5) is 6.01 Å². The molecule has 25 heavy (non-hydrogen) atoms. The second kappa shape index (κ2) is 7.25. The summed E-state index contributed by atoms with van der Waals surface area (Å²) in [6, 6.07) is 11.6. The lowest BCUT2D eigenvalue weighted by Crippen LogP contribution is -1.99. The molecule has 0 aliphatic heterocycles. The number of aromatic hydroxyl groups is 1. The number of hydrogen-bond donors (Lipinski definition) is 2. The molecule has 0 radical (unpaired) electrons. The van der Waals surface area contributed by atoms with Gasteiger partial charge in [-0.15, -0.1) is 5.10 Å². The largest absolute Gasteiger partial charge is 0.508 e. The number of nitrogens with zero attached hydrogens (tertiary/aromatic N) is 2. The lowest BCUT2D eigenvalue weighted by Gasteiger charge is -2.09. The Balaban J connectivity index is 1.78. The Hall–Kier alpha value is -3.02. The van der Waals surface area contributed by atoms with E-state index in [4.69, 9.17) is 9.15 Å². The molecule has 3 rings (SSSR count). The lowest BCUT2D eigenvalue weighted by molar-refractivity contribution is 0.414. The summed E-state index contributed by atoms with van der Waals surface area (Å²) in [6.45, 7) is 4.47. The van der Waals surface area contributed by atoms with Crippen molar-refractivity contribution in [2.75, 3.05) is 12.4 Å². The molecule has 0 spiro atoms. The Morgan fingerprint density at radius 2 is 2.04 bits per heavy atom. The van der Waals surface area contributed by atoms with Gasteiger partial charge in [-0.05, 0) is 54.3 Å². The highest BCUT2D eigenvalue weighted by Gasteiger charge is 2.15. The zero-order valence-corrected chi connectivity index (χ0v) is 14.5. The van der Waals surface area contributed by atoms with Crippen LogP contribution in [-0.2, 0) is 13.0 Å². The average molecular weight is 339 g/mol. The molecular formula is C19H21N3O3. The van der Waals surface area contributed by atoms with Gasteiger partial charge in [0.1, 0.15) is 11.5 Å². The Bertz CT molecular complexity index is 874. The maximum absolute atomic E-state index is 9.87. The molecule has 0 aliphatic rings. The summed E-state index contributed by atoms with van der Waals surface area (Å²) < 4.78 is 11.0. The number of benzene rings is 2. The van der Waals surface area contributed by atoms with Crippen molar-refractivity contribution in [2.24, 2.45) is 0 Å². The van der Waals surface area contributed by atoms with Gasteiger partial charge in [0.2, 0.25) is 5.89 Å². The van der Waals surface area contributed by atoms with Crippen molar-refractivity contribution < 1.29 is 14.3 Å². The third-order valence-corrected chi connectivity index (χ3v) is 4.16. The van der Waals surface area contributed by atoms with Gasteiger partial charge in [0.05, 0.1) is 7.11 Å². The predicted octanol–water partition coefficient (Wildman–Crippen LogP) is 3.93. The fraction of sp³-hybridized carbons (Fsp3) is 0.263. The van der Waals surface area contributed by atoms with Crippen molar-refractivity contribution in [3.05, 3.63) is 53.1 Å². The van der Waals surface area contributed by atoms with Crippen LogP contribution in [-0.4, -0.2) is 22.4 Å². The van der Waals surface area contributed by atoms with E-state index in [1.165, 1.54) is 0 Å². The maximum Gasteiger partial charge on any atom is 0.316 e. The van der Waals surface area contributed by atoms with E-state index >= 15 is 0 Å². The summed E-state index contributed by atoms with van der Waals surface area (Å²) >= 11 is 0. The molecule has 0 fully saturated rings. The quantitative estimate of drug-likeness (QED) is 0.708. The molecule has 6 heteroatoms. The summed E-state index contributed by atoms with van der Waals surface area (Å²) in [6.07, 6.45) is 0.768. The molecule has 2 N–H and O–H groups in total. The van der Waals surface area contributed by atoms with E-state index in [9.17, 15) is 5.11 Å². The van der Waals surface area contributed by atoms with Gasteiger partial charge in [-0.3, -0.25) is 0 Å². The Labute approximate surface area is 146 Å². The number of phenols is 1. The molecule has 1 aromatic heterocycles. The molecule has 130 valence electrons. The topological polar surface area (TPSA) is 80.4 Å². The van der Waals surface area contributed by atoms with Crippen LogP contribution in [0.3, 0.4) is 0 Å². The zero-order chi connectivity index (χ0) is 17.8. The van der Waals surface area contributed by atoms with Crippen LogP contribution in [0.5, 0.6) is 11.5 Å². The van der Waals surface area contributed by atoms with E-state index in [0.717, 1.165) is 34.4 Å². The Morgan fingerprint density at radius 3 is 2.80 bits per heavy atom. The summed E-state index contributed by atoms with van der Waals surface area (Å²) in [5.74, 6) is 1.52. The number of methoxy groups -OCH3 is 1. The van der Waals surface area contributed by atoms with Crippen LogP contribution in [0.2, 0.25) is 0 Å². The molecule has 6 nitrogen and oxygen atoms in total. The lowest BCUT2D eigenvalue weighted by atomic mass is 9.99. The van der Waals surface area contributed by atoms with Crippen LogP contribution < -0.4 is 10.1 Å². The standard InChI is InChI=1S/C19H21N3O3/c1-4-15-12(2)17(23)9-8-16(15)18-21-22-19(25-18)20-11-13-6-5-7-14(10-13)24-3/h5-10,23H,4,11H2,1-3H3,(H,20,22). The fourth-order valence-electron chi connectivity index (χ4n) is 2.76. The first kappa shape index (κ1) is 16.8. The zero-order valence-electron chi connectivity index (χ0n) is 14.5. The molecule has 0 atom stereocenters. The minimum absolute atomic E-state index is 0.275. The molecule has 0 saturated carbocycles. The number of phenolic OH excluding ortho intramolecular Hbond substituents is 1. The molecular weight excluding hydrogens is 318 g/mol. The number of nitrogens with one attached hydrogen (secondary N) is 1. The van der Waals surface area contributed by atoms with Gasteiger partial charge in [0.25, 0.3) is 0 Å². The van der Waals surface area contributed by atoms with Crippen LogP contribution in [0.25, 0.3) is 11.5 Å². The number of rotatable bonds is 6. The molecule has 0 saturated heterocycles. The minimum Gasteiger partial charge on any atom is -0.508 e. The summed E-state index contributed by atoms with van der Waals surface area (Å²) in [5, 5.41) is 21.2. The first-order valence-corrected chi connectivity index (χ1v) is 8.14. The number of hydrogen-bond acceptors (Lipinski definition) is 6. The molecule has 2 aromatic carbocycles. The van der Waals surface area contributed by atoms with Crippen molar-refractivity contribution in [1.29, 1.82) is 0 Å². The summed E-state index contributed by atoms with van der Waals surface area (Å²) in [4.78, 5) is 0. The van der Waals surface area contributed by atoms with E-state index in [0.29, 0.717) is 18.5 Å². The average Bonchev–Trinajstić information content (AvgIpc) is 3.11. The van der Waals surface area contributed by atoms with Gasteiger partial charge in [0.15, 0.2) is 0 Å². The minimum atomic E-state index is 0.275. The van der Waals surface area contributed by atoms with E-state index < -0.39 is 0 Å². The van der Waals surface area contributed by atoms with Gasteiger partial charge in [0, 0.05) is 12.1 Å². The molecule has 1 heterocycles. The highest BCUT2D eigenvalue weighted by Crippen LogP contribution is 2.31. The molecule has 3 aromatic rings. The molecule has 0 amide bonds. The third kappa shape index (κ3) is 3.57. The normalized spacial score (nSPS) is 10.7. The van der Waals surface area contributed by atoms with Gasteiger partial charge in [-0.25, -0.2) is 0 Å². The second-order valence-electron chi connectivity index (χ2n) is 5.71. The van der Waals surface area contributed by atoms with Gasteiger partial charge in [-0.2, -0.15) is 0 Å². The van der Waals surface area contributed by atoms with E-state index in [1.54, 1.807) is 19.2 Å². The van der Waals surface area contributed by atoms with E-state index in [1.807, 2.05) is 38.1 Å². The first-order valence-electron chi connectivity index (χ1n) is 8.14. The monoisotopic (exact) mass is 339 g/mol. The molecule has 0 bridgehead atoms. The maximum atomic E-state index is 9.87. The summed E-state index contributed by atoms with van der Waals surface area (Å²) in [7, 11) is 1.64. The SMILES string of the molecule is CCc1c(-c2nnc(NCc3cccc(OC)c3)o2)ccc(O)c1C. The smallest absolute Gasteiger partial charge is 0.316 e. The molecule has 0 aliphatic carbocycles. The number of anilines is 1.